The number of rotatable bonds is 2. The Bertz CT molecular complexity index is 319. The number of nitrogens with two attached hydrogens (primary N) is 1. The van der Waals surface area contributed by atoms with Crippen molar-refractivity contribution >= 4 is 11.3 Å². The zero-order valence-electron chi connectivity index (χ0n) is 7.43. The highest BCUT2D eigenvalue weighted by Crippen LogP contribution is 2.39. The molecule has 0 aromatic carbocycles. The van der Waals surface area contributed by atoms with Crippen molar-refractivity contribution in [2.75, 3.05) is 6.61 Å². The minimum atomic E-state index is -4.40. The highest BCUT2D eigenvalue weighted by molar-refractivity contribution is 7.10. The molecule has 14 heavy (non-hydrogen) atoms. The van der Waals surface area contributed by atoms with E-state index in [9.17, 15) is 13.2 Å². The number of hydrogen-bond acceptors (Lipinski definition) is 3. The third-order valence-electron chi connectivity index (χ3n) is 1.87. The molecule has 1 aromatic heterocycles. The van der Waals surface area contributed by atoms with Crippen LogP contribution >= 0.6 is 11.3 Å². The zero-order chi connectivity index (χ0) is 11.0. The quantitative estimate of drug-likeness (QED) is 0.807. The molecular weight excluding hydrogens is 215 g/mol. The zero-order valence-corrected chi connectivity index (χ0v) is 8.25. The third kappa shape index (κ3) is 2.08. The van der Waals surface area contributed by atoms with Gasteiger partial charge in [0.15, 0.2) is 0 Å². The van der Waals surface area contributed by atoms with Gasteiger partial charge in [0.25, 0.3) is 0 Å². The molecule has 0 spiro atoms. The summed E-state index contributed by atoms with van der Waals surface area (Å²) < 4.78 is 37.3. The summed E-state index contributed by atoms with van der Waals surface area (Å²) in [4.78, 5) is -0.739. The van der Waals surface area contributed by atoms with Crippen LogP contribution in [-0.2, 0) is 11.7 Å². The Labute approximate surface area is 83.2 Å². The van der Waals surface area contributed by atoms with E-state index in [1.54, 1.807) is 0 Å². The third-order valence-corrected chi connectivity index (χ3v) is 2.83. The first-order chi connectivity index (χ1) is 6.29. The van der Waals surface area contributed by atoms with Crippen LogP contribution in [0.4, 0.5) is 13.2 Å². The van der Waals surface area contributed by atoms with Gasteiger partial charge in [-0.15, -0.1) is 11.3 Å². The molecule has 0 fully saturated rings. The smallest absolute Gasteiger partial charge is 0.394 e. The Balaban J connectivity index is 3.18. The maximum atomic E-state index is 12.4. The Morgan fingerprint density at radius 3 is 2.50 bits per heavy atom. The van der Waals surface area contributed by atoms with Crippen LogP contribution in [0.2, 0.25) is 0 Å². The van der Waals surface area contributed by atoms with Gasteiger partial charge >= 0.3 is 6.18 Å². The van der Waals surface area contributed by atoms with Gasteiger partial charge in [0, 0.05) is 0 Å². The normalized spacial score (nSPS) is 16.7. The van der Waals surface area contributed by atoms with Crippen LogP contribution in [0.5, 0.6) is 0 Å². The average Bonchev–Trinajstić information content (AvgIpc) is 2.51. The molecule has 1 unspecified atom stereocenters. The number of alkyl halides is 3. The first-order valence-electron chi connectivity index (χ1n) is 3.84. The largest absolute Gasteiger partial charge is 0.425 e. The van der Waals surface area contributed by atoms with Crippen molar-refractivity contribution in [1.29, 1.82) is 0 Å². The van der Waals surface area contributed by atoms with E-state index in [2.05, 4.69) is 0 Å². The van der Waals surface area contributed by atoms with Gasteiger partial charge in [0.2, 0.25) is 0 Å². The standard InChI is InChI=1S/C8H10F3NOS/c1-7(12,4-13)5-2-3-14-6(5)8(9,10)11/h2-3,13H,4,12H2,1H3. The van der Waals surface area contributed by atoms with E-state index in [4.69, 9.17) is 10.8 Å². The van der Waals surface area contributed by atoms with Gasteiger partial charge in [-0.1, -0.05) is 0 Å². The second kappa shape index (κ2) is 3.52. The van der Waals surface area contributed by atoms with E-state index in [0.29, 0.717) is 11.3 Å². The SMILES string of the molecule is CC(N)(CO)c1ccsc1C(F)(F)F. The number of halogens is 3. The molecule has 0 aliphatic rings. The summed E-state index contributed by atoms with van der Waals surface area (Å²) >= 11 is 0.583. The summed E-state index contributed by atoms with van der Waals surface area (Å²) in [6, 6.07) is 1.30. The monoisotopic (exact) mass is 225 g/mol. The van der Waals surface area contributed by atoms with E-state index in [1.807, 2.05) is 0 Å². The minimum Gasteiger partial charge on any atom is -0.394 e. The lowest BCUT2D eigenvalue weighted by atomic mass is 9.95. The number of aliphatic hydroxyl groups excluding tert-OH is 1. The number of thiophene rings is 1. The fraction of sp³-hybridized carbons (Fsp3) is 0.500. The van der Waals surface area contributed by atoms with Gasteiger partial charge < -0.3 is 10.8 Å². The summed E-state index contributed by atoms with van der Waals surface area (Å²) in [6.45, 7) is 0.844. The molecule has 0 saturated carbocycles. The molecule has 80 valence electrons. The minimum absolute atomic E-state index is 0.0579. The molecule has 1 aromatic rings. The molecule has 0 aliphatic heterocycles. The van der Waals surface area contributed by atoms with Crippen LogP contribution in [0, 0.1) is 0 Å². The van der Waals surface area contributed by atoms with E-state index in [1.165, 1.54) is 18.4 Å². The van der Waals surface area contributed by atoms with Crippen molar-refractivity contribution in [3.63, 3.8) is 0 Å². The summed E-state index contributed by atoms with van der Waals surface area (Å²) in [5.41, 5.74) is 4.14. The molecule has 0 bridgehead atoms. The van der Waals surface area contributed by atoms with Crippen molar-refractivity contribution in [1.82, 2.24) is 0 Å². The molecule has 6 heteroatoms. The topological polar surface area (TPSA) is 46.2 Å². The number of aliphatic hydroxyl groups is 1. The lowest BCUT2D eigenvalue weighted by Gasteiger charge is -2.23. The van der Waals surface area contributed by atoms with Gasteiger partial charge in [-0.2, -0.15) is 13.2 Å². The van der Waals surface area contributed by atoms with Gasteiger partial charge in [0.1, 0.15) is 4.88 Å². The van der Waals surface area contributed by atoms with E-state index in [-0.39, 0.29) is 5.56 Å². The molecular formula is C8H10F3NOS. The summed E-state index contributed by atoms with van der Waals surface area (Å²) in [5.74, 6) is 0. The molecule has 1 rings (SSSR count). The van der Waals surface area contributed by atoms with E-state index < -0.39 is 23.2 Å². The molecule has 1 heterocycles. The van der Waals surface area contributed by atoms with Crippen molar-refractivity contribution in [3.05, 3.63) is 21.9 Å². The Morgan fingerprint density at radius 2 is 2.07 bits per heavy atom. The summed E-state index contributed by atoms with van der Waals surface area (Å²) in [6.07, 6.45) is -4.40. The highest BCUT2D eigenvalue weighted by Gasteiger charge is 2.39. The predicted molar refractivity (Wildman–Crippen MR) is 47.9 cm³/mol. The number of hydrogen-bond donors (Lipinski definition) is 2. The van der Waals surface area contributed by atoms with Crippen LogP contribution in [0.15, 0.2) is 11.4 Å². The van der Waals surface area contributed by atoms with Crippen LogP contribution in [-0.4, -0.2) is 11.7 Å². The van der Waals surface area contributed by atoms with Crippen LogP contribution in [0.1, 0.15) is 17.4 Å². The molecule has 2 nitrogen and oxygen atoms in total. The van der Waals surface area contributed by atoms with E-state index >= 15 is 0 Å². The Hall–Kier alpha value is -0.590. The Kier molecular flexibility index (Phi) is 2.89. The molecule has 0 aliphatic carbocycles. The average molecular weight is 225 g/mol. The molecule has 0 radical (unpaired) electrons. The Morgan fingerprint density at radius 1 is 1.50 bits per heavy atom. The first-order valence-corrected chi connectivity index (χ1v) is 4.72. The summed E-state index contributed by atoms with van der Waals surface area (Å²) in [5, 5.41) is 10.2. The fourth-order valence-corrected chi connectivity index (χ4v) is 1.97. The summed E-state index contributed by atoms with van der Waals surface area (Å²) in [7, 11) is 0. The molecule has 0 saturated heterocycles. The lowest BCUT2D eigenvalue weighted by Crippen LogP contribution is -2.38. The first kappa shape index (κ1) is 11.5. The second-order valence-corrected chi connectivity index (χ2v) is 4.15. The van der Waals surface area contributed by atoms with Gasteiger partial charge in [-0.25, -0.2) is 0 Å². The van der Waals surface area contributed by atoms with Crippen LogP contribution in [0.3, 0.4) is 0 Å². The van der Waals surface area contributed by atoms with Gasteiger partial charge in [-0.05, 0) is 23.9 Å². The molecule has 0 amide bonds. The fourth-order valence-electron chi connectivity index (χ4n) is 1.06. The molecule has 3 N–H and O–H groups in total. The lowest BCUT2D eigenvalue weighted by molar-refractivity contribution is -0.135. The second-order valence-electron chi connectivity index (χ2n) is 3.24. The van der Waals surface area contributed by atoms with Crippen molar-refractivity contribution in [3.8, 4) is 0 Å². The van der Waals surface area contributed by atoms with Gasteiger partial charge in [0.05, 0.1) is 12.1 Å². The van der Waals surface area contributed by atoms with Crippen molar-refractivity contribution in [2.24, 2.45) is 5.73 Å². The maximum absolute atomic E-state index is 12.4. The predicted octanol–water partition coefficient (Wildman–Crippen LogP) is 1.93. The van der Waals surface area contributed by atoms with E-state index in [0.717, 1.165) is 0 Å². The highest BCUT2D eigenvalue weighted by atomic mass is 32.1. The van der Waals surface area contributed by atoms with Crippen molar-refractivity contribution < 1.29 is 18.3 Å². The van der Waals surface area contributed by atoms with Crippen molar-refractivity contribution in [2.45, 2.75) is 18.6 Å². The molecule has 1 atom stereocenters. The van der Waals surface area contributed by atoms with Crippen LogP contribution < -0.4 is 5.73 Å². The van der Waals surface area contributed by atoms with Gasteiger partial charge in [-0.3, -0.25) is 0 Å². The van der Waals surface area contributed by atoms with Crippen LogP contribution in [0.25, 0.3) is 0 Å². The maximum Gasteiger partial charge on any atom is 0.425 e.